The average Bonchev–Trinajstić information content (AvgIpc) is 2.63. The number of benzene rings is 2. The van der Waals surface area contributed by atoms with Crippen molar-refractivity contribution in [2.45, 2.75) is 12.5 Å². The van der Waals surface area contributed by atoms with Gasteiger partial charge in [0.25, 0.3) is 5.56 Å². The molecule has 3 rings (SSSR count). The first-order valence-corrected chi connectivity index (χ1v) is 8.14. The molecule has 134 valence electrons. The van der Waals surface area contributed by atoms with Gasteiger partial charge in [-0.1, -0.05) is 30.3 Å². The van der Waals surface area contributed by atoms with Crippen molar-refractivity contribution in [2.75, 3.05) is 7.05 Å². The summed E-state index contributed by atoms with van der Waals surface area (Å²) in [5.41, 5.74) is 0.456. The van der Waals surface area contributed by atoms with Crippen LogP contribution in [0.15, 0.2) is 58.3 Å². The van der Waals surface area contributed by atoms with Crippen LogP contribution in [-0.2, 0) is 18.3 Å². The predicted octanol–water partition coefficient (Wildman–Crippen LogP) is 0.904. The molecule has 0 saturated heterocycles. The van der Waals surface area contributed by atoms with Crippen molar-refractivity contribution in [3.8, 4) is 5.69 Å². The molecule has 0 aliphatic carbocycles. The number of aryl methyl sites for hydroxylation is 1. The van der Waals surface area contributed by atoms with Gasteiger partial charge in [0, 0.05) is 24.7 Å². The summed E-state index contributed by atoms with van der Waals surface area (Å²) in [4.78, 5) is 36.1. The van der Waals surface area contributed by atoms with Crippen LogP contribution in [0.2, 0.25) is 0 Å². The summed E-state index contributed by atoms with van der Waals surface area (Å²) in [5.74, 6) is -0.936. The van der Waals surface area contributed by atoms with Crippen LogP contribution in [0.3, 0.4) is 0 Å². The standard InChI is InChI=1S/C19H19N3O4/c1-20-15(18(24)25)11-12-5-3-7-14-13(12)6-4-8-16(14)22-17(23)9-10-21(2)19(22)26/h3-10,15,20H,11H2,1-2H3,(H,24,25). The highest BCUT2D eigenvalue weighted by atomic mass is 16.4. The lowest BCUT2D eigenvalue weighted by molar-refractivity contribution is -0.139. The van der Waals surface area contributed by atoms with Crippen LogP contribution in [0, 0.1) is 0 Å². The van der Waals surface area contributed by atoms with E-state index in [2.05, 4.69) is 5.32 Å². The Bertz CT molecular complexity index is 1100. The molecular formula is C19H19N3O4. The molecule has 3 aromatic rings. The zero-order chi connectivity index (χ0) is 18.8. The third-order valence-electron chi connectivity index (χ3n) is 4.45. The minimum atomic E-state index is -0.936. The molecule has 1 heterocycles. The second kappa shape index (κ2) is 6.97. The van der Waals surface area contributed by atoms with Crippen LogP contribution >= 0.6 is 0 Å². The van der Waals surface area contributed by atoms with Crippen LogP contribution in [0.1, 0.15) is 5.56 Å². The van der Waals surface area contributed by atoms with E-state index in [0.717, 1.165) is 20.9 Å². The zero-order valence-corrected chi connectivity index (χ0v) is 14.5. The summed E-state index contributed by atoms with van der Waals surface area (Å²) in [5, 5.41) is 13.6. The highest BCUT2D eigenvalue weighted by Crippen LogP contribution is 2.25. The molecule has 1 aromatic heterocycles. The topological polar surface area (TPSA) is 93.3 Å². The van der Waals surface area contributed by atoms with E-state index in [9.17, 15) is 19.5 Å². The second-order valence-electron chi connectivity index (χ2n) is 6.06. The van der Waals surface area contributed by atoms with Gasteiger partial charge in [-0.15, -0.1) is 0 Å². The van der Waals surface area contributed by atoms with Crippen LogP contribution in [0.25, 0.3) is 16.5 Å². The Morgan fingerprint density at radius 1 is 1.12 bits per heavy atom. The fourth-order valence-corrected chi connectivity index (χ4v) is 3.05. The second-order valence-corrected chi connectivity index (χ2v) is 6.06. The summed E-state index contributed by atoms with van der Waals surface area (Å²) in [6.45, 7) is 0. The average molecular weight is 353 g/mol. The first-order chi connectivity index (χ1) is 12.4. The van der Waals surface area contributed by atoms with Gasteiger partial charge >= 0.3 is 11.7 Å². The lowest BCUT2D eigenvalue weighted by Crippen LogP contribution is -2.36. The molecule has 0 amide bonds. The molecule has 1 unspecified atom stereocenters. The molecule has 0 bridgehead atoms. The highest BCUT2D eigenvalue weighted by Gasteiger charge is 2.18. The van der Waals surface area contributed by atoms with Gasteiger partial charge in [0.15, 0.2) is 0 Å². The zero-order valence-electron chi connectivity index (χ0n) is 14.5. The largest absolute Gasteiger partial charge is 0.480 e. The van der Waals surface area contributed by atoms with E-state index < -0.39 is 23.3 Å². The predicted molar refractivity (Wildman–Crippen MR) is 99.0 cm³/mol. The molecule has 7 heteroatoms. The van der Waals surface area contributed by atoms with Gasteiger partial charge in [0.1, 0.15) is 6.04 Å². The lowest BCUT2D eigenvalue weighted by Gasteiger charge is -2.15. The van der Waals surface area contributed by atoms with Crippen molar-refractivity contribution >= 4 is 16.7 Å². The van der Waals surface area contributed by atoms with Crippen molar-refractivity contribution in [1.29, 1.82) is 0 Å². The van der Waals surface area contributed by atoms with Crippen molar-refractivity contribution in [2.24, 2.45) is 7.05 Å². The smallest absolute Gasteiger partial charge is 0.335 e. The van der Waals surface area contributed by atoms with Crippen LogP contribution in [0.4, 0.5) is 0 Å². The Hall–Kier alpha value is -3.19. The van der Waals surface area contributed by atoms with E-state index in [1.54, 1.807) is 32.3 Å². The van der Waals surface area contributed by atoms with Gasteiger partial charge < -0.3 is 15.0 Å². The first-order valence-electron chi connectivity index (χ1n) is 8.14. The Balaban J connectivity index is 2.24. The number of fused-ring (bicyclic) bond motifs is 1. The van der Waals surface area contributed by atoms with E-state index in [4.69, 9.17) is 0 Å². The monoisotopic (exact) mass is 353 g/mol. The number of nitrogens with one attached hydrogen (secondary N) is 1. The maximum atomic E-state index is 12.5. The molecule has 1 atom stereocenters. The van der Waals surface area contributed by atoms with Crippen molar-refractivity contribution in [1.82, 2.24) is 14.5 Å². The van der Waals surface area contributed by atoms with Crippen molar-refractivity contribution in [3.63, 3.8) is 0 Å². The van der Waals surface area contributed by atoms with Gasteiger partial charge in [0.05, 0.1) is 5.69 Å². The summed E-state index contributed by atoms with van der Waals surface area (Å²) in [6.07, 6.45) is 1.72. The fraction of sp³-hybridized carbons (Fsp3) is 0.211. The van der Waals surface area contributed by atoms with Crippen LogP contribution in [-0.4, -0.2) is 33.3 Å². The van der Waals surface area contributed by atoms with Crippen LogP contribution in [0.5, 0.6) is 0 Å². The van der Waals surface area contributed by atoms with Gasteiger partial charge in [-0.3, -0.25) is 9.59 Å². The molecule has 2 N–H and O–H groups in total. The molecule has 0 radical (unpaired) electrons. The minimum absolute atomic E-state index is 0.286. The molecular weight excluding hydrogens is 334 g/mol. The number of aliphatic carboxylic acids is 1. The van der Waals surface area contributed by atoms with E-state index in [0.29, 0.717) is 5.69 Å². The molecule has 0 aliphatic rings. The summed E-state index contributed by atoms with van der Waals surface area (Å²) < 4.78 is 2.46. The molecule has 0 aliphatic heterocycles. The first kappa shape index (κ1) is 17.6. The van der Waals surface area contributed by atoms with Gasteiger partial charge in [0.2, 0.25) is 0 Å². The van der Waals surface area contributed by atoms with Crippen molar-refractivity contribution < 1.29 is 9.90 Å². The molecule has 7 nitrogen and oxygen atoms in total. The molecule has 0 saturated carbocycles. The summed E-state index contributed by atoms with van der Waals surface area (Å²) in [6, 6.07) is 11.4. The Morgan fingerprint density at radius 2 is 1.81 bits per heavy atom. The van der Waals surface area contributed by atoms with E-state index >= 15 is 0 Å². The Labute approximate surface area is 149 Å². The Morgan fingerprint density at radius 3 is 2.50 bits per heavy atom. The SMILES string of the molecule is CNC(Cc1cccc2c(-n3c(=O)ccn(C)c3=O)cccc12)C(=O)O. The number of carboxylic acids is 1. The number of carboxylic acid groups (broad SMARTS) is 1. The third-order valence-corrected chi connectivity index (χ3v) is 4.45. The quantitative estimate of drug-likeness (QED) is 0.711. The molecule has 26 heavy (non-hydrogen) atoms. The maximum Gasteiger partial charge on any atom is 0.335 e. The number of carbonyl (C=O) groups is 1. The number of hydrogen-bond donors (Lipinski definition) is 2. The van der Waals surface area contributed by atoms with E-state index in [-0.39, 0.29) is 6.42 Å². The van der Waals surface area contributed by atoms with Crippen molar-refractivity contribution in [3.05, 3.63) is 75.1 Å². The molecule has 0 spiro atoms. The number of rotatable bonds is 5. The van der Waals surface area contributed by atoms with E-state index in [1.165, 1.54) is 16.8 Å². The molecule has 0 fully saturated rings. The number of hydrogen-bond acceptors (Lipinski definition) is 4. The number of aromatic nitrogens is 2. The van der Waals surface area contributed by atoms with Gasteiger partial charge in [-0.2, -0.15) is 0 Å². The number of nitrogens with zero attached hydrogens (tertiary/aromatic N) is 2. The van der Waals surface area contributed by atoms with Gasteiger partial charge in [-0.25, -0.2) is 9.36 Å². The highest BCUT2D eigenvalue weighted by molar-refractivity contribution is 5.93. The van der Waals surface area contributed by atoms with Crippen LogP contribution < -0.4 is 16.6 Å². The molecule has 2 aromatic carbocycles. The lowest BCUT2D eigenvalue weighted by atomic mass is 9.98. The van der Waals surface area contributed by atoms with Gasteiger partial charge in [-0.05, 0) is 30.5 Å². The normalized spacial score (nSPS) is 12.2. The fourth-order valence-electron chi connectivity index (χ4n) is 3.05. The van der Waals surface area contributed by atoms with E-state index in [1.807, 2.05) is 18.2 Å². The number of likely N-dealkylation sites (N-methyl/N-ethyl adjacent to an activating group) is 1. The maximum absolute atomic E-state index is 12.5. The third kappa shape index (κ3) is 3.04. The summed E-state index contributed by atoms with van der Waals surface area (Å²) in [7, 11) is 3.18. The summed E-state index contributed by atoms with van der Waals surface area (Å²) >= 11 is 0. The Kier molecular flexibility index (Phi) is 4.73. The minimum Gasteiger partial charge on any atom is -0.480 e.